The SMILES string of the molecule is Nc1cc(Br)cc2c1C(=O)N(Cc1ccc(Cl)cc1Cl)C2=O. The van der Waals surface area contributed by atoms with Gasteiger partial charge in [-0.3, -0.25) is 14.5 Å². The Morgan fingerprint density at radius 1 is 1.09 bits per heavy atom. The van der Waals surface area contributed by atoms with E-state index in [4.69, 9.17) is 28.9 Å². The first kappa shape index (κ1) is 15.3. The number of carbonyl (C=O) groups excluding carboxylic acids is 2. The lowest BCUT2D eigenvalue weighted by atomic mass is 10.1. The minimum atomic E-state index is -0.420. The van der Waals surface area contributed by atoms with Gasteiger partial charge in [0.25, 0.3) is 11.8 Å². The van der Waals surface area contributed by atoms with Gasteiger partial charge in [-0.1, -0.05) is 45.2 Å². The molecular weight excluding hydrogens is 391 g/mol. The molecule has 0 bridgehead atoms. The fraction of sp³-hybridized carbons (Fsp3) is 0.0667. The normalized spacial score (nSPS) is 13.7. The van der Waals surface area contributed by atoms with E-state index in [0.29, 0.717) is 25.6 Å². The molecule has 1 aliphatic rings. The Kier molecular flexibility index (Phi) is 3.89. The van der Waals surface area contributed by atoms with E-state index in [0.717, 1.165) is 4.90 Å². The summed E-state index contributed by atoms with van der Waals surface area (Å²) in [7, 11) is 0. The van der Waals surface area contributed by atoms with E-state index in [1.54, 1.807) is 30.3 Å². The molecule has 0 saturated carbocycles. The molecule has 112 valence electrons. The maximum absolute atomic E-state index is 12.5. The highest BCUT2D eigenvalue weighted by Gasteiger charge is 2.37. The number of fused-ring (bicyclic) bond motifs is 1. The van der Waals surface area contributed by atoms with Crippen molar-refractivity contribution in [1.82, 2.24) is 4.90 Å². The predicted molar refractivity (Wildman–Crippen MR) is 89.2 cm³/mol. The van der Waals surface area contributed by atoms with Crippen LogP contribution in [-0.4, -0.2) is 16.7 Å². The summed E-state index contributed by atoms with van der Waals surface area (Å²) in [5.41, 5.74) is 7.29. The quantitative estimate of drug-likeness (QED) is 0.609. The fourth-order valence-corrected chi connectivity index (χ4v) is 3.32. The molecule has 0 radical (unpaired) electrons. The number of nitrogens with zero attached hydrogens (tertiary/aromatic N) is 1. The first-order chi connectivity index (χ1) is 10.4. The van der Waals surface area contributed by atoms with E-state index in [-0.39, 0.29) is 23.7 Å². The summed E-state index contributed by atoms with van der Waals surface area (Å²) in [6, 6.07) is 8.11. The number of hydrogen-bond acceptors (Lipinski definition) is 3. The van der Waals surface area contributed by atoms with Gasteiger partial charge in [-0.2, -0.15) is 0 Å². The van der Waals surface area contributed by atoms with Crippen LogP contribution in [0.25, 0.3) is 0 Å². The average Bonchev–Trinajstić information content (AvgIpc) is 2.66. The number of benzene rings is 2. The van der Waals surface area contributed by atoms with Crippen molar-refractivity contribution < 1.29 is 9.59 Å². The van der Waals surface area contributed by atoms with Crippen molar-refractivity contribution in [3.05, 3.63) is 61.5 Å². The number of amides is 2. The summed E-state index contributed by atoms with van der Waals surface area (Å²) in [6.45, 7) is 0.0689. The van der Waals surface area contributed by atoms with Crippen LogP contribution in [0.1, 0.15) is 26.3 Å². The number of carbonyl (C=O) groups is 2. The highest BCUT2D eigenvalue weighted by atomic mass is 79.9. The van der Waals surface area contributed by atoms with Crippen LogP contribution in [0.5, 0.6) is 0 Å². The van der Waals surface area contributed by atoms with E-state index in [2.05, 4.69) is 15.9 Å². The van der Waals surface area contributed by atoms with Crippen molar-refractivity contribution in [2.75, 3.05) is 5.73 Å². The zero-order chi connectivity index (χ0) is 16.0. The van der Waals surface area contributed by atoms with Crippen LogP contribution >= 0.6 is 39.1 Å². The van der Waals surface area contributed by atoms with Gasteiger partial charge in [0, 0.05) is 20.2 Å². The molecule has 1 aliphatic heterocycles. The highest BCUT2D eigenvalue weighted by molar-refractivity contribution is 9.10. The number of halogens is 3. The molecule has 2 aromatic rings. The zero-order valence-electron chi connectivity index (χ0n) is 11.1. The van der Waals surface area contributed by atoms with E-state index in [9.17, 15) is 9.59 Å². The summed E-state index contributed by atoms with van der Waals surface area (Å²) in [5, 5.41) is 0.891. The molecule has 2 aromatic carbocycles. The lowest BCUT2D eigenvalue weighted by Gasteiger charge is -2.15. The monoisotopic (exact) mass is 398 g/mol. The summed E-state index contributed by atoms with van der Waals surface area (Å²) >= 11 is 15.2. The van der Waals surface area contributed by atoms with E-state index < -0.39 is 5.91 Å². The molecule has 0 fully saturated rings. The molecule has 3 rings (SSSR count). The number of nitrogen functional groups attached to an aromatic ring is 1. The average molecular weight is 400 g/mol. The molecule has 0 spiro atoms. The number of rotatable bonds is 2. The zero-order valence-corrected chi connectivity index (χ0v) is 14.2. The summed E-state index contributed by atoms with van der Waals surface area (Å²) in [6.07, 6.45) is 0. The third-order valence-corrected chi connectivity index (χ3v) is 4.46. The van der Waals surface area contributed by atoms with Gasteiger partial charge in [-0.15, -0.1) is 0 Å². The molecule has 2 N–H and O–H groups in total. The molecule has 22 heavy (non-hydrogen) atoms. The molecule has 0 saturated heterocycles. The lowest BCUT2D eigenvalue weighted by Crippen LogP contribution is -2.29. The van der Waals surface area contributed by atoms with Gasteiger partial charge in [0.15, 0.2) is 0 Å². The van der Waals surface area contributed by atoms with Crippen LogP contribution in [0.2, 0.25) is 10.0 Å². The van der Waals surface area contributed by atoms with Gasteiger partial charge in [-0.25, -0.2) is 0 Å². The van der Waals surface area contributed by atoms with Gasteiger partial charge < -0.3 is 5.73 Å². The molecule has 4 nitrogen and oxygen atoms in total. The first-order valence-corrected chi connectivity index (χ1v) is 7.82. The molecule has 1 heterocycles. The largest absolute Gasteiger partial charge is 0.398 e. The Balaban J connectivity index is 1.99. The van der Waals surface area contributed by atoms with Crippen molar-refractivity contribution in [3.8, 4) is 0 Å². The number of hydrogen-bond donors (Lipinski definition) is 1. The Morgan fingerprint density at radius 2 is 1.82 bits per heavy atom. The van der Waals surface area contributed by atoms with Crippen LogP contribution in [0, 0.1) is 0 Å². The molecule has 0 atom stereocenters. The Labute approximate surface area is 144 Å². The molecule has 0 unspecified atom stereocenters. The lowest BCUT2D eigenvalue weighted by molar-refractivity contribution is 0.0643. The van der Waals surface area contributed by atoms with Crippen molar-refractivity contribution in [1.29, 1.82) is 0 Å². The van der Waals surface area contributed by atoms with E-state index in [1.165, 1.54) is 0 Å². The second-order valence-electron chi connectivity index (χ2n) is 4.85. The number of nitrogens with two attached hydrogens (primary N) is 1. The summed E-state index contributed by atoms with van der Waals surface area (Å²) < 4.78 is 0.649. The maximum Gasteiger partial charge on any atom is 0.263 e. The van der Waals surface area contributed by atoms with Crippen molar-refractivity contribution in [2.24, 2.45) is 0 Å². The highest BCUT2D eigenvalue weighted by Crippen LogP contribution is 2.33. The number of anilines is 1. The third kappa shape index (κ3) is 2.49. The Bertz CT molecular complexity index is 823. The van der Waals surface area contributed by atoms with Crippen molar-refractivity contribution in [3.63, 3.8) is 0 Å². The third-order valence-electron chi connectivity index (χ3n) is 3.41. The van der Waals surface area contributed by atoms with Crippen LogP contribution in [-0.2, 0) is 6.54 Å². The van der Waals surface area contributed by atoms with E-state index in [1.807, 2.05) is 0 Å². The van der Waals surface area contributed by atoms with Gasteiger partial charge in [0.05, 0.1) is 17.7 Å². The first-order valence-electron chi connectivity index (χ1n) is 6.27. The Morgan fingerprint density at radius 3 is 2.50 bits per heavy atom. The molecule has 0 aromatic heterocycles. The van der Waals surface area contributed by atoms with Crippen molar-refractivity contribution >= 4 is 56.6 Å². The van der Waals surface area contributed by atoms with Crippen LogP contribution in [0.15, 0.2) is 34.8 Å². The molecular formula is C15H9BrCl2N2O2. The Hall–Kier alpha value is -1.56. The van der Waals surface area contributed by atoms with Crippen molar-refractivity contribution in [2.45, 2.75) is 6.54 Å². The molecule has 0 aliphatic carbocycles. The van der Waals surface area contributed by atoms with Gasteiger partial charge in [-0.05, 0) is 29.8 Å². The van der Waals surface area contributed by atoms with E-state index >= 15 is 0 Å². The van der Waals surface area contributed by atoms with Crippen LogP contribution < -0.4 is 5.73 Å². The van der Waals surface area contributed by atoms with Gasteiger partial charge in [0.2, 0.25) is 0 Å². The second kappa shape index (κ2) is 5.57. The summed E-state index contributed by atoms with van der Waals surface area (Å²) in [5.74, 6) is -0.810. The second-order valence-corrected chi connectivity index (χ2v) is 6.61. The molecule has 7 heteroatoms. The fourth-order valence-electron chi connectivity index (χ4n) is 2.37. The smallest absolute Gasteiger partial charge is 0.263 e. The summed E-state index contributed by atoms with van der Waals surface area (Å²) in [4.78, 5) is 26.0. The minimum Gasteiger partial charge on any atom is -0.398 e. The van der Waals surface area contributed by atoms with Crippen LogP contribution in [0.4, 0.5) is 5.69 Å². The van der Waals surface area contributed by atoms with Crippen LogP contribution in [0.3, 0.4) is 0 Å². The standard InChI is InChI=1S/C15H9BrCl2N2O2/c16-8-3-10-13(12(19)4-8)15(22)20(14(10)21)6-7-1-2-9(17)5-11(7)18/h1-5H,6,19H2. The van der Waals surface area contributed by atoms with Gasteiger partial charge in [0.1, 0.15) is 0 Å². The number of imide groups is 1. The minimum absolute atomic E-state index is 0.0689. The topological polar surface area (TPSA) is 63.4 Å². The van der Waals surface area contributed by atoms with Gasteiger partial charge >= 0.3 is 0 Å². The maximum atomic E-state index is 12.5. The predicted octanol–water partition coefficient (Wildman–Crippen LogP) is 4.13. The molecule has 2 amide bonds.